The third-order valence-electron chi connectivity index (χ3n) is 5.67. The van der Waals surface area contributed by atoms with E-state index in [0.717, 1.165) is 5.56 Å². The highest BCUT2D eigenvalue weighted by atomic mass is 16.7. The average Bonchev–Trinajstić information content (AvgIpc) is 3.42. The summed E-state index contributed by atoms with van der Waals surface area (Å²) in [7, 11) is 3.09. The summed E-state index contributed by atoms with van der Waals surface area (Å²) < 4.78 is 23.6. The van der Waals surface area contributed by atoms with Crippen molar-refractivity contribution in [2.75, 3.05) is 26.3 Å². The van der Waals surface area contributed by atoms with Crippen LogP contribution in [0.15, 0.2) is 42.6 Å². The number of amides is 1. The number of carboxylic acids is 1. The van der Waals surface area contributed by atoms with Crippen LogP contribution in [0.1, 0.15) is 34.0 Å². The molecule has 5 rings (SSSR count). The third kappa shape index (κ3) is 3.09. The maximum atomic E-state index is 12.6. The van der Waals surface area contributed by atoms with Crippen molar-refractivity contribution in [3.8, 4) is 28.7 Å². The molecule has 1 atom stereocenters. The molecule has 0 spiro atoms. The van der Waals surface area contributed by atoms with E-state index in [4.69, 9.17) is 18.9 Å². The Morgan fingerprint density at radius 3 is 2.78 bits per heavy atom. The summed E-state index contributed by atoms with van der Waals surface area (Å²) in [6.07, 6.45) is 1.65. The maximum absolute atomic E-state index is 12.6. The molecule has 3 aromatic rings. The number of aromatic nitrogens is 1. The zero-order valence-corrected chi connectivity index (χ0v) is 17.4. The van der Waals surface area contributed by atoms with Gasteiger partial charge in [0, 0.05) is 30.3 Å². The number of anilines is 1. The second kappa shape index (κ2) is 7.52. The second-order valence-electron chi connectivity index (χ2n) is 7.44. The molecule has 3 heterocycles. The molecule has 2 aromatic carbocycles. The standard InChI is InChI=1S/C23H20N2O7/c1-29-14-5-3-4-13(8-14)25-10-16(23(27)28)20-21(25)15(9-19(26)24-20)12-6-17(30-2)22-18(7-12)31-11-32-22/h3-8,10,15H,9,11H2,1-2H3,(H,24,26)(H,27,28)/t15-/m0/s1. The first-order valence-corrected chi connectivity index (χ1v) is 9.90. The van der Waals surface area contributed by atoms with Gasteiger partial charge in [-0.2, -0.15) is 0 Å². The van der Waals surface area contributed by atoms with E-state index in [-0.39, 0.29) is 30.4 Å². The van der Waals surface area contributed by atoms with Gasteiger partial charge >= 0.3 is 5.97 Å². The van der Waals surface area contributed by atoms with E-state index >= 15 is 0 Å². The normalized spacial score (nSPS) is 16.3. The minimum Gasteiger partial charge on any atom is -0.497 e. The number of ether oxygens (including phenoxy) is 4. The number of rotatable bonds is 5. The molecule has 164 valence electrons. The highest BCUT2D eigenvalue weighted by molar-refractivity contribution is 6.04. The number of methoxy groups -OCH3 is 2. The topological polar surface area (TPSA) is 108 Å². The summed E-state index contributed by atoms with van der Waals surface area (Å²) in [5.74, 6) is 0.290. The molecular formula is C23H20N2O7. The average molecular weight is 436 g/mol. The van der Waals surface area contributed by atoms with Crippen LogP contribution in [0.4, 0.5) is 5.69 Å². The summed E-state index contributed by atoms with van der Waals surface area (Å²) in [6.45, 7) is 0.0783. The van der Waals surface area contributed by atoms with E-state index in [9.17, 15) is 14.7 Å². The van der Waals surface area contributed by atoms with E-state index < -0.39 is 11.9 Å². The van der Waals surface area contributed by atoms with Crippen LogP contribution in [0, 0.1) is 0 Å². The highest BCUT2D eigenvalue weighted by Crippen LogP contribution is 2.48. The van der Waals surface area contributed by atoms with E-state index in [1.165, 1.54) is 13.3 Å². The highest BCUT2D eigenvalue weighted by Gasteiger charge is 2.36. The lowest BCUT2D eigenvalue weighted by Gasteiger charge is -2.26. The van der Waals surface area contributed by atoms with Crippen LogP contribution in [0.25, 0.3) is 5.69 Å². The van der Waals surface area contributed by atoms with Crippen molar-refractivity contribution in [2.24, 2.45) is 0 Å². The fourth-order valence-corrected chi connectivity index (χ4v) is 4.23. The molecule has 2 aliphatic heterocycles. The Morgan fingerprint density at radius 2 is 2.03 bits per heavy atom. The van der Waals surface area contributed by atoms with Crippen molar-refractivity contribution >= 4 is 17.6 Å². The Bertz CT molecular complexity index is 1250. The Balaban J connectivity index is 1.74. The van der Waals surface area contributed by atoms with Crippen LogP contribution in [-0.4, -0.2) is 42.6 Å². The lowest BCUT2D eigenvalue weighted by Crippen LogP contribution is -2.25. The number of hydrogen-bond acceptors (Lipinski definition) is 6. The monoisotopic (exact) mass is 436 g/mol. The predicted molar refractivity (Wildman–Crippen MR) is 113 cm³/mol. The molecule has 32 heavy (non-hydrogen) atoms. The molecule has 0 aliphatic carbocycles. The number of nitrogens with zero attached hydrogens (tertiary/aromatic N) is 1. The molecule has 1 aromatic heterocycles. The third-order valence-corrected chi connectivity index (χ3v) is 5.67. The lowest BCUT2D eigenvalue weighted by molar-refractivity contribution is -0.116. The van der Waals surface area contributed by atoms with Crippen molar-refractivity contribution in [1.29, 1.82) is 0 Å². The van der Waals surface area contributed by atoms with Gasteiger partial charge in [0.05, 0.1) is 25.6 Å². The number of carbonyl (C=O) groups is 2. The van der Waals surface area contributed by atoms with Crippen LogP contribution >= 0.6 is 0 Å². The van der Waals surface area contributed by atoms with Gasteiger partial charge in [0.25, 0.3) is 0 Å². The number of fused-ring (bicyclic) bond motifs is 2. The quantitative estimate of drug-likeness (QED) is 0.631. The van der Waals surface area contributed by atoms with Gasteiger partial charge in [0.1, 0.15) is 11.3 Å². The summed E-state index contributed by atoms with van der Waals surface area (Å²) in [6, 6.07) is 10.9. The molecule has 1 amide bonds. The summed E-state index contributed by atoms with van der Waals surface area (Å²) >= 11 is 0. The molecule has 0 bridgehead atoms. The molecular weight excluding hydrogens is 416 g/mol. The molecule has 0 radical (unpaired) electrons. The summed E-state index contributed by atoms with van der Waals surface area (Å²) in [4.78, 5) is 24.6. The first-order valence-electron chi connectivity index (χ1n) is 9.90. The van der Waals surface area contributed by atoms with Crippen LogP contribution in [0.5, 0.6) is 23.0 Å². The first-order chi connectivity index (χ1) is 15.5. The van der Waals surface area contributed by atoms with Gasteiger partial charge in [-0.15, -0.1) is 0 Å². The molecule has 0 saturated carbocycles. The van der Waals surface area contributed by atoms with Crippen LogP contribution in [0.2, 0.25) is 0 Å². The predicted octanol–water partition coefficient (Wildman–Crippen LogP) is 3.40. The van der Waals surface area contributed by atoms with Gasteiger partial charge in [0.2, 0.25) is 18.4 Å². The number of hydrogen-bond donors (Lipinski definition) is 2. The van der Waals surface area contributed by atoms with Crippen molar-refractivity contribution in [3.05, 3.63) is 59.4 Å². The largest absolute Gasteiger partial charge is 0.497 e. The van der Waals surface area contributed by atoms with Crippen LogP contribution < -0.4 is 24.3 Å². The number of nitrogens with one attached hydrogen (secondary N) is 1. The smallest absolute Gasteiger partial charge is 0.339 e. The van der Waals surface area contributed by atoms with Gasteiger partial charge in [0.15, 0.2) is 11.5 Å². The molecule has 0 fully saturated rings. The SMILES string of the molecule is COc1cccc(-n2cc(C(=O)O)c3c2[C@H](c2cc(OC)c4c(c2)OCO4)CC(=O)N3)c1. The van der Waals surface area contributed by atoms with Gasteiger partial charge in [-0.1, -0.05) is 6.07 Å². The Kier molecular flexibility index (Phi) is 4.66. The molecule has 9 heteroatoms. The number of carbonyl (C=O) groups excluding carboxylic acids is 1. The first kappa shape index (κ1) is 19.8. The van der Waals surface area contributed by atoms with Gasteiger partial charge < -0.3 is 33.9 Å². The van der Waals surface area contributed by atoms with Crippen molar-refractivity contribution < 1.29 is 33.6 Å². The Hall–Kier alpha value is -4.14. The van der Waals surface area contributed by atoms with Gasteiger partial charge in [-0.05, 0) is 29.8 Å². The minimum absolute atomic E-state index is 0.00794. The number of aromatic carboxylic acids is 1. The molecule has 9 nitrogen and oxygen atoms in total. The Morgan fingerprint density at radius 1 is 1.19 bits per heavy atom. The maximum Gasteiger partial charge on any atom is 0.339 e. The fourth-order valence-electron chi connectivity index (χ4n) is 4.23. The zero-order valence-electron chi connectivity index (χ0n) is 17.4. The molecule has 0 unspecified atom stereocenters. The number of benzene rings is 2. The van der Waals surface area contributed by atoms with Crippen molar-refractivity contribution in [2.45, 2.75) is 12.3 Å². The van der Waals surface area contributed by atoms with Crippen LogP contribution in [-0.2, 0) is 4.79 Å². The van der Waals surface area contributed by atoms with Gasteiger partial charge in [-0.3, -0.25) is 4.79 Å². The lowest BCUT2D eigenvalue weighted by atomic mass is 9.87. The van der Waals surface area contributed by atoms with E-state index in [1.807, 2.05) is 12.1 Å². The second-order valence-corrected chi connectivity index (χ2v) is 7.44. The molecule has 2 aliphatic rings. The minimum atomic E-state index is -1.13. The summed E-state index contributed by atoms with van der Waals surface area (Å²) in [5, 5.41) is 12.6. The molecule has 0 saturated heterocycles. The van der Waals surface area contributed by atoms with E-state index in [1.54, 1.807) is 35.9 Å². The van der Waals surface area contributed by atoms with Crippen molar-refractivity contribution in [3.63, 3.8) is 0 Å². The zero-order chi connectivity index (χ0) is 22.4. The van der Waals surface area contributed by atoms with E-state index in [2.05, 4.69) is 5.32 Å². The Labute approximate surface area is 183 Å². The fraction of sp³-hybridized carbons (Fsp3) is 0.217. The molecule has 2 N–H and O–H groups in total. The van der Waals surface area contributed by atoms with Crippen molar-refractivity contribution in [1.82, 2.24) is 4.57 Å². The number of carboxylic acid groups (broad SMARTS) is 1. The van der Waals surface area contributed by atoms with E-state index in [0.29, 0.717) is 34.4 Å². The summed E-state index contributed by atoms with van der Waals surface area (Å²) in [5.41, 5.74) is 2.39. The van der Waals surface area contributed by atoms with Gasteiger partial charge in [-0.25, -0.2) is 4.79 Å². The van der Waals surface area contributed by atoms with Crippen LogP contribution in [0.3, 0.4) is 0 Å².